The van der Waals surface area contributed by atoms with E-state index in [1.807, 2.05) is 0 Å². The lowest BCUT2D eigenvalue weighted by molar-refractivity contribution is 0.102. The van der Waals surface area contributed by atoms with Crippen LogP contribution < -0.4 is 5.32 Å². The Kier molecular flexibility index (Phi) is 4.83. The van der Waals surface area contributed by atoms with E-state index >= 15 is 0 Å². The zero-order valence-electron chi connectivity index (χ0n) is 11.1. The first kappa shape index (κ1) is 15.4. The average molecular weight is 323 g/mol. The molecule has 2 N–H and O–H groups in total. The highest BCUT2D eigenvalue weighted by atomic mass is 35.5. The molecule has 2 aromatic rings. The molecule has 0 heterocycles. The van der Waals surface area contributed by atoms with Crippen LogP contribution in [-0.4, -0.2) is 16.8 Å². The van der Waals surface area contributed by atoms with Crippen LogP contribution in [0, 0.1) is 0 Å². The molecule has 0 aliphatic rings. The zero-order valence-corrected chi connectivity index (χ0v) is 12.6. The fourth-order valence-electron chi connectivity index (χ4n) is 1.82. The molecule has 4 nitrogen and oxygen atoms in total. The second-order valence-electron chi connectivity index (χ2n) is 4.31. The molecule has 0 saturated carbocycles. The Labute approximate surface area is 132 Å². The largest absolute Gasteiger partial charge is 0.411 e. The van der Waals surface area contributed by atoms with Crippen molar-refractivity contribution < 1.29 is 10.0 Å². The smallest absolute Gasteiger partial charge is 0.257 e. The summed E-state index contributed by atoms with van der Waals surface area (Å²) in [7, 11) is 0. The van der Waals surface area contributed by atoms with Gasteiger partial charge in [0.05, 0.1) is 22.0 Å². The molecular formula is C15H12Cl2N2O2. The van der Waals surface area contributed by atoms with Crippen LogP contribution in [0.25, 0.3) is 0 Å². The third-order valence-corrected chi connectivity index (χ3v) is 3.45. The number of rotatable bonds is 3. The van der Waals surface area contributed by atoms with Crippen molar-refractivity contribution in [2.24, 2.45) is 5.16 Å². The number of para-hydroxylation sites is 1. The molecule has 2 aromatic carbocycles. The summed E-state index contributed by atoms with van der Waals surface area (Å²) in [4.78, 5) is 12.3. The zero-order chi connectivity index (χ0) is 15.4. The molecular weight excluding hydrogens is 311 g/mol. The van der Waals surface area contributed by atoms with Crippen LogP contribution >= 0.6 is 23.2 Å². The molecule has 0 spiro atoms. The van der Waals surface area contributed by atoms with Crippen LogP contribution in [0.1, 0.15) is 22.8 Å². The molecule has 6 heteroatoms. The Hall–Kier alpha value is -2.04. The number of oxime groups is 1. The van der Waals surface area contributed by atoms with E-state index < -0.39 is 0 Å². The van der Waals surface area contributed by atoms with E-state index in [4.69, 9.17) is 28.4 Å². The lowest BCUT2D eigenvalue weighted by Gasteiger charge is -2.11. The van der Waals surface area contributed by atoms with Crippen LogP contribution in [0.15, 0.2) is 47.6 Å². The highest BCUT2D eigenvalue weighted by molar-refractivity contribution is 6.36. The van der Waals surface area contributed by atoms with Gasteiger partial charge in [-0.3, -0.25) is 4.79 Å². The number of halogens is 2. The third kappa shape index (κ3) is 3.54. The monoisotopic (exact) mass is 322 g/mol. The maximum atomic E-state index is 12.3. The van der Waals surface area contributed by atoms with E-state index in [1.54, 1.807) is 43.3 Å². The Bertz CT molecular complexity index is 715. The summed E-state index contributed by atoms with van der Waals surface area (Å²) in [5.74, 6) is -0.388. The Morgan fingerprint density at radius 3 is 2.57 bits per heavy atom. The van der Waals surface area contributed by atoms with Crippen molar-refractivity contribution in [2.45, 2.75) is 6.92 Å². The lowest BCUT2D eigenvalue weighted by Crippen LogP contribution is -2.15. The summed E-state index contributed by atoms with van der Waals surface area (Å²) >= 11 is 11.9. The minimum atomic E-state index is -0.388. The van der Waals surface area contributed by atoms with Crippen molar-refractivity contribution in [1.29, 1.82) is 0 Å². The van der Waals surface area contributed by atoms with Crippen molar-refractivity contribution in [3.63, 3.8) is 0 Å². The molecule has 0 bridgehead atoms. The standard InChI is InChI=1S/C15H12Cl2N2O2/c1-9(19-21)11-4-2-3-5-14(11)18-15(20)12-8-10(16)6-7-13(12)17/h2-8,21H,1H3,(H,18,20)/b19-9+. The minimum absolute atomic E-state index is 0.276. The number of carbonyl (C=O) groups is 1. The number of nitrogens with zero attached hydrogens (tertiary/aromatic N) is 1. The molecule has 108 valence electrons. The Morgan fingerprint density at radius 2 is 1.86 bits per heavy atom. The van der Waals surface area contributed by atoms with Crippen molar-refractivity contribution in [1.82, 2.24) is 0 Å². The summed E-state index contributed by atoms with van der Waals surface area (Å²) in [5.41, 5.74) is 1.81. The number of carbonyl (C=O) groups excluding carboxylic acids is 1. The maximum Gasteiger partial charge on any atom is 0.257 e. The maximum absolute atomic E-state index is 12.3. The number of amides is 1. The van der Waals surface area contributed by atoms with E-state index in [0.29, 0.717) is 27.0 Å². The fourth-order valence-corrected chi connectivity index (χ4v) is 2.20. The summed E-state index contributed by atoms with van der Waals surface area (Å²) in [6, 6.07) is 11.7. The van der Waals surface area contributed by atoms with Gasteiger partial charge in [0.15, 0.2) is 0 Å². The number of benzene rings is 2. The molecule has 1 amide bonds. The van der Waals surface area contributed by atoms with Crippen molar-refractivity contribution in [3.05, 3.63) is 63.6 Å². The predicted octanol–water partition coefficient (Wildman–Crippen LogP) is 4.44. The van der Waals surface area contributed by atoms with Crippen LogP contribution in [0.5, 0.6) is 0 Å². The van der Waals surface area contributed by atoms with Crippen LogP contribution in [0.3, 0.4) is 0 Å². The second-order valence-corrected chi connectivity index (χ2v) is 5.15. The first-order valence-electron chi connectivity index (χ1n) is 6.07. The predicted molar refractivity (Wildman–Crippen MR) is 84.9 cm³/mol. The highest BCUT2D eigenvalue weighted by Crippen LogP contribution is 2.23. The van der Waals surface area contributed by atoms with Crippen LogP contribution in [-0.2, 0) is 0 Å². The molecule has 0 aromatic heterocycles. The van der Waals surface area contributed by atoms with Gasteiger partial charge in [0, 0.05) is 10.6 Å². The third-order valence-electron chi connectivity index (χ3n) is 2.89. The molecule has 0 aliphatic carbocycles. The van der Waals surface area contributed by atoms with E-state index in [0.717, 1.165) is 0 Å². The van der Waals surface area contributed by atoms with Gasteiger partial charge in [-0.25, -0.2) is 0 Å². The SMILES string of the molecule is C/C(=N\O)c1ccccc1NC(=O)c1cc(Cl)ccc1Cl. The Morgan fingerprint density at radius 1 is 1.14 bits per heavy atom. The van der Waals surface area contributed by atoms with Gasteiger partial charge in [0.1, 0.15) is 0 Å². The molecule has 0 fully saturated rings. The van der Waals surface area contributed by atoms with Gasteiger partial charge in [-0.05, 0) is 31.2 Å². The minimum Gasteiger partial charge on any atom is -0.411 e. The number of anilines is 1. The van der Waals surface area contributed by atoms with E-state index in [1.165, 1.54) is 6.07 Å². The van der Waals surface area contributed by atoms with Gasteiger partial charge in [0.25, 0.3) is 5.91 Å². The topological polar surface area (TPSA) is 61.7 Å². The average Bonchev–Trinajstić information content (AvgIpc) is 2.49. The van der Waals surface area contributed by atoms with Crippen molar-refractivity contribution in [3.8, 4) is 0 Å². The number of hydrogen-bond donors (Lipinski definition) is 2. The molecule has 2 rings (SSSR count). The van der Waals surface area contributed by atoms with Gasteiger partial charge in [-0.15, -0.1) is 0 Å². The number of hydrogen-bond acceptors (Lipinski definition) is 3. The fraction of sp³-hybridized carbons (Fsp3) is 0.0667. The molecule has 0 aliphatic heterocycles. The first-order chi connectivity index (χ1) is 10.0. The van der Waals surface area contributed by atoms with Gasteiger partial charge < -0.3 is 10.5 Å². The normalized spacial score (nSPS) is 11.3. The van der Waals surface area contributed by atoms with Crippen LogP contribution in [0.2, 0.25) is 10.0 Å². The molecule has 0 atom stereocenters. The quantitative estimate of drug-likeness (QED) is 0.498. The molecule has 21 heavy (non-hydrogen) atoms. The van der Waals surface area contributed by atoms with Gasteiger partial charge in [-0.2, -0.15) is 0 Å². The second kappa shape index (κ2) is 6.61. The Balaban J connectivity index is 2.34. The van der Waals surface area contributed by atoms with E-state index in [9.17, 15) is 4.79 Å². The molecule has 0 saturated heterocycles. The van der Waals surface area contributed by atoms with Crippen LogP contribution in [0.4, 0.5) is 5.69 Å². The first-order valence-corrected chi connectivity index (χ1v) is 6.83. The van der Waals surface area contributed by atoms with Crippen molar-refractivity contribution >= 4 is 40.5 Å². The lowest BCUT2D eigenvalue weighted by atomic mass is 10.1. The summed E-state index contributed by atoms with van der Waals surface area (Å²) in [6.45, 7) is 1.64. The highest BCUT2D eigenvalue weighted by Gasteiger charge is 2.14. The molecule has 0 unspecified atom stereocenters. The summed E-state index contributed by atoms with van der Waals surface area (Å²) in [5, 5.41) is 15.5. The van der Waals surface area contributed by atoms with Gasteiger partial charge >= 0.3 is 0 Å². The van der Waals surface area contributed by atoms with E-state index in [-0.39, 0.29) is 11.5 Å². The number of nitrogens with one attached hydrogen (secondary N) is 1. The van der Waals surface area contributed by atoms with E-state index in [2.05, 4.69) is 10.5 Å². The van der Waals surface area contributed by atoms with Gasteiger partial charge in [-0.1, -0.05) is 46.6 Å². The summed E-state index contributed by atoms with van der Waals surface area (Å²) in [6.07, 6.45) is 0. The molecule has 0 radical (unpaired) electrons. The van der Waals surface area contributed by atoms with Crippen molar-refractivity contribution in [2.75, 3.05) is 5.32 Å². The summed E-state index contributed by atoms with van der Waals surface area (Å²) < 4.78 is 0. The van der Waals surface area contributed by atoms with Gasteiger partial charge in [0.2, 0.25) is 0 Å².